The number of alkyl halides is 1. The minimum atomic E-state index is -0.473. The van der Waals surface area contributed by atoms with Crippen LogP contribution in [0.3, 0.4) is 0 Å². The number of benzene rings is 3. The molecule has 0 aliphatic rings. The zero-order valence-corrected chi connectivity index (χ0v) is 20.0. The largest absolute Gasteiger partial charge is 0.388 e. The van der Waals surface area contributed by atoms with E-state index in [1.165, 1.54) is 16.7 Å². The third kappa shape index (κ3) is 7.14. The fourth-order valence-corrected chi connectivity index (χ4v) is 3.94. The lowest BCUT2D eigenvalue weighted by atomic mass is 10.0. The number of rotatable bonds is 9. The maximum atomic E-state index is 9.95. The molecule has 31 heavy (non-hydrogen) atoms. The number of nitrogens with zero attached hydrogens (tertiary/aromatic N) is 1. The van der Waals surface area contributed by atoms with Gasteiger partial charge in [-0.2, -0.15) is 0 Å². The lowest BCUT2D eigenvalue weighted by molar-refractivity contribution is 0.205. The van der Waals surface area contributed by atoms with E-state index in [0.29, 0.717) is 5.33 Å². The van der Waals surface area contributed by atoms with Gasteiger partial charge in [-0.3, -0.25) is 0 Å². The van der Waals surface area contributed by atoms with Crippen LogP contribution in [0.25, 0.3) is 11.1 Å². The smallest absolute Gasteiger partial charge is 0.168 e. The summed E-state index contributed by atoms with van der Waals surface area (Å²) in [5.41, 5.74) is 12.2. The van der Waals surface area contributed by atoms with Crippen LogP contribution in [0.15, 0.2) is 72.8 Å². The highest BCUT2D eigenvalue weighted by Crippen LogP contribution is 2.24. The summed E-state index contributed by atoms with van der Waals surface area (Å²) in [5, 5.41) is 13.7. The van der Waals surface area contributed by atoms with Crippen molar-refractivity contribution in [2.45, 2.75) is 19.1 Å². The van der Waals surface area contributed by atoms with Crippen LogP contribution in [-0.2, 0) is 13.0 Å². The number of hydrogen-bond donors (Lipinski definition) is 3. The molecular weight excluding hydrogens is 470 g/mol. The highest BCUT2D eigenvalue weighted by atomic mass is 79.9. The average molecular weight is 498 g/mol. The van der Waals surface area contributed by atoms with Crippen molar-refractivity contribution in [1.29, 1.82) is 0 Å². The molecule has 0 fully saturated rings. The number of nitrogens with two attached hydrogens (primary N) is 1. The molecular formula is C25H28BrN3OS. The highest BCUT2D eigenvalue weighted by molar-refractivity contribution is 9.09. The number of thiocarbonyl (C=S) groups is 1. The van der Waals surface area contributed by atoms with Crippen LogP contribution in [-0.4, -0.2) is 34.0 Å². The van der Waals surface area contributed by atoms with Crippen LogP contribution in [0.4, 0.5) is 5.69 Å². The molecule has 0 aliphatic carbocycles. The second-order valence-electron chi connectivity index (χ2n) is 7.67. The molecule has 3 aromatic carbocycles. The van der Waals surface area contributed by atoms with Gasteiger partial charge in [0, 0.05) is 24.1 Å². The van der Waals surface area contributed by atoms with Crippen molar-refractivity contribution >= 4 is 38.9 Å². The second-order valence-corrected chi connectivity index (χ2v) is 8.75. The molecule has 0 aliphatic heterocycles. The summed E-state index contributed by atoms with van der Waals surface area (Å²) >= 11 is 8.19. The molecule has 1 atom stereocenters. The van der Waals surface area contributed by atoms with E-state index in [-0.39, 0.29) is 5.11 Å². The lowest BCUT2D eigenvalue weighted by Gasteiger charge is -2.17. The average Bonchev–Trinajstić information content (AvgIpc) is 2.78. The third-order valence-electron chi connectivity index (χ3n) is 5.16. The first-order valence-corrected chi connectivity index (χ1v) is 11.7. The highest BCUT2D eigenvalue weighted by Gasteiger charge is 2.07. The van der Waals surface area contributed by atoms with E-state index in [9.17, 15) is 5.11 Å². The summed E-state index contributed by atoms with van der Waals surface area (Å²) in [7, 11) is 2.14. The quantitative estimate of drug-likeness (QED) is 0.283. The van der Waals surface area contributed by atoms with Crippen molar-refractivity contribution in [2.24, 2.45) is 5.73 Å². The van der Waals surface area contributed by atoms with Gasteiger partial charge >= 0.3 is 0 Å². The van der Waals surface area contributed by atoms with Crippen molar-refractivity contribution < 1.29 is 5.11 Å². The van der Waals surface area contributed by atoms with Gasteiger partial charge in [0.25, 0.3) is 0 Å². The molecule has 4 nitrogen and oxygen atoms in total. The molecule has 4 N–H and O–H groups in total. The summed E-state index contributed by atoms with van der Waals surface area (Å²) in [5.74, 6) is 0. The normalized spacial score (nSPS) is 12.0. The maximum absolute atomic E-state index is 9.95. The predicted molar refractivity (Wildman–Crippen MR) is 138 cm³/mol. The standard InChI is InChI=1S/C25H28BrN3OS/c1-29(14-13-18-5-11-23(12-6-18)28-25(27)31)17-19-3-2-4-22(15-19)20-7-9-21(10-8-20)24(30)16-26/h2-12,15,24,30H,13-14,16-17H2,1H3,(H3,27,28,31). The minimum absolute atomic E-state index is 0.280. The SMILES string of the molecule is CN(CCc1ccc(NC(N)=S)cc1)Cc1cccc(-c2ccc(C(O)CBr)cc2)c1. The summed E-state index contributed by atoms with van der Waals surface area (Å²) in [6.45, 7) is 1.85. The lowest BCUT2D eigenvalue weighted by Crippen LogP contribution is -2.21. The Bertz CT molecular complexity index is 992. The fourth-order valence-electron chi connectivity index (χ4n) is 3.44. The Morgan fingerprint density at radius 1 is 1.03 bits per heavy atom. The van der Waals surface area contributed by atoms with E-state index in [2.05, 4.69) is 81.7 Å². The number of aliphatic hydroxyl groups is 1. The molecule has 0 bridgehead atoms. The Kier molecular flexibility index (Phi) is 8.60. The van der Waals surface area contributed by atoms with E-state index in [4.69, 9.17) is 18.0 Å². The van der Waals surface area contributed by atoms with E-state index in [1.807, 2.05) is 24.3 Å². The molecule has 0 aromatic heterocycles. The first-order chi connectivity index (χ1) is 14.9. The predicted octanol–water partition coefficient (Wildman–Crippen LogP) is 5.11. The van der Waals surface area contributed by atoms with Gasteiger partial charge in [0.2, 0.25) is 0 Å². The molecule has 0 spiro atoms. The van der Waals surface area contributed by atoms with Gasteiger partial charge in [0.1, 0.15) is 0 Å². The van der Waals surface area contributed by atoms with E-state index in [1.54, 1.807) is 0 Å². The van der Waals surface area contributed by atoms with Crippen LogP contribution in [0.2, 0.25) is 0 Å². The second kappa shape index (κ2) is 11.4. The number of nitrogens with one attached hydrogen (secondary N) is 1. The first-order valence-electron chi connectivity index (χ1n) is 10.2. The van der Waals surface area contributed by atoms with Gasteiger partial charge in [-0.15, -0.1) is 0 Å². The van der Waals surface area contributed by atoms with Gasteiger partial charge in [-0.05, 0) is 71.7 Å². The van der Waals surface area contributed by atoms with E-state index >= 15 is 0 Å². The topological polar surface area (TPSA) is 61.5 Å². The molecule has 0 saturated carbocycles. The van der Waals surface area contributed by atoms with Crippen LogP contribution in [0.5, 0.6) is 0 Å². The van der Waals surface area contributed by atoms with Gasteiger partial charge in [0.15, 0.2) is 5.11 Å². The number of hydrogen-bond acceptors (Lipinski definition) is 3. The Hall–Kier alpha value is -2.25. The zero-order valence-electron chi connectivity index (χ0n) is 17.6. The minimum Gasteiger partial charge on any atom is -0.388 e. The Morgan fingerprint density at radius 3 is 2.39 bits per heavy atom. The number of likely N-dealkylation sites (N-methyl/N-ethyl adjacent to an activating group) is 1. The van der Waals surface area contributed by atoms with Gasteiger partial charge < -0.3 is 21.1 Å². The monoisotopic (exact) mass is 497 g/mol. The summed E-state index contributed by atoms with van der Waals surface area (Å²) < 4.78 is 0. The van der Waals surface area contributed by atoms with Gasteiger partial charge in [-0.1, -0.05) is 70.5 Å². The Balaban J connectivity index is 1.57. The molecule has 162 valence electrons. The van der Waals surface area contributed by atoms with Crippen LogP contribution in [0, 0.1) is 0 Å². The Morgan fingerprint density at radius 2 is 1.74 bits per heavy atom. The molecule has 0 radical (unpaired) electrons. The van der Waals surface area contributed by atoms with Crippen LogP contribution >= 0.6 is 28.1 Å². The molecule has 1 unspecified atom stereocenters. The van der Waals surface area contributed by atoms with Crippen molar-refractivity contribution in [3.05, 3.63) is 89.5 Å². The third-order valence-corrected chi connectivity index (χ3v) is 5.87. The fraction of sp³-hybridized carbons (Fsp3) is 0.240. The van der Waals surface area contributed by atoms with Gasteiger partial charge in [-0.25, -0.2) is 0 Å². The molecule has 3 aromatic rings. The number of anilines is 1. The summed E-state index contributed by atoms with van der Waals surface area (Å²) in [6, 6.07) is 25.0. The van der Waals surface area contributed by atoms with Crippen LogP contribution in [0.1, 0.15) is 22.8 Å². The van der Waals surface area contributed by atoms with E-state index < -0.39 is 6.10 Å². The number of aliphatic hydroxyl groups excluding tert-OH is 1. The van der Waals surface area contributed by atoms with Crippen molar-refractivity contribution in [3.8, 4) is 11.1 Å². The summed E-state index contributed by atoms with van der Waals surface area (Å²) in [4.78, 5) is 2.33. The molecule has 0 heterocycles. The maximum Gasteiger partial charge on any atom is 0.168 e. The van der Waals surface area contributed by atoms with Crippen LogP contribution < -0.4 is 11.1 Å². The summed E-state index contributed by atoms with van der Waals surface area (Å²) in [6.07, 6.45) is 0.501. The molecule has 0 amide bonds. The molecule has 0 saturated heterocycles. The first kappa shape index (κ1) is 23.4. The van der Waals surface area contributed by atoms with Crippen molar-refractivity contribution in [3.63, 3.8) is 0 Å². The van der Waals surface area contributed by atoms with Crippen molar-refractivity contribution in [2.75, 3.05) is 24.2 Å². The molecule has 3 rings (SSSR count). The number of halogens is 1. The van der Waals surface area contributed by atoms with Gasteiger partial charge in [0.05, 0.1) is 6.10 Å². The zero-order chi connectivity index (χ0) is 22.2. The van der Waals surface area contributed by atoms with Crippen molar-refractivity contribution in [1.82, 2.24) is 4.90 Å². The Labute approximate surface area is 198 Å². The molecule has 6 heteroatoms. The van der Waals surface area contributed by atoms with E-state index in [0.717, 1.165) is 36.3 Å².